The van der Waals surface area contributed by atoms with Crippen LogP contribution in [0, 0.1) is 11.8 Å². The van der Waals surface area contributed by atoms with E-state index in [4.69, 9.17) is 11.6 Å². The van der Waals surface area contributed by atoms with Gasteiger partial charge in [0.2, 0.25) is 5.91 Å². The molecule has 1 N–H and O–H groups in total. The second-order valence-electron chi connectivity index (χ2n) is 8.03. The van der Waals surface area contributed by atoms with Crippen LogP contribution in [0.1, 0.15) is 46.5 Å². The van der Waals surface area contributed by atoms with Crippen molar-refractivity contribution in [1.29, 1.82) is 0 Å². The number of carbonyl (C=O) groups is 2. The lowest BCUT2D eigenvalue weighted by atomic mass is 9.96. The number of nitrogens with zero attached hydrogens (tertiary/aromatic N) is 4. The second-order valence-corrected chi connectivity index (χ2v) is 8.47. The molecule has 0 radical (unpaired) electrons. The number of piperidine rings is 1. The van der Waals surface area contributed by atoms with Crippen molar-refractivity contribution >= 4 is 35.1 Å². The molecule has 1 aliphatic carbocycles. The number of hydrogen-bond acceptors (Lipinski definition) is 5. The first-order valence-corrected chi connectivity index (χ1v) is 10.7. The molecule has 1 saturated heterocycles. The van der Waals surface area contributed by atoms with Gasteiger partial charge in [-0.15, -0.1) is 0 Å². The van der Waals surface area contributed by atoms with E-state index in [-0.39, 0.29) is 23.0 Å². The van der Waals surface area contributed by atoms with Gasteiger partial charge in [-0.2, -0.15) is 0 Å². The fraction of sp³-hybridized carbons (Fsp3) is 0.619. The van der Waals surface area contributed by atoms with E-state index in [0.29, 0.717) is 35.7 Å². The molecule has 0 aromatic heterocycles. The average Bonchev–Trinajstić information content (AvgIpc) is 3.52. The maximum Gasteiger partial charge on any atom is 0.295 e. The van der Waals surface area contributed by atoms with Crippen molar-refractivity contribution in [2.24, 2.45) is 21.8 Å². The topological polar surface area (TPSA) is 77.4 Å². The number of nitrogens with one attached hydrogen (secondary N) is 1. The fourth-order valence-corrected chi connectivity index (χ4v) is 4.03. The molecular weight excluding hydrogens is 390 g/mol. The number of allylic oxidation sites excluding steroid dienone is 1. The van der Waals surface area contributed by atoms with Gasteiger partial charge < -0.3 is 10.2 Å². The van der Waals surface area contributed by atoms with E-state index in [1.807, 2.05) is 17.9 Å². The van der Waals surface area contributed by atoms with Crippen molar-refractivity contribution in [3.8, 4) is 0 Å². The summed E-state index contributed by atoms with van der Waals surface area (Å²) in [4.78, 5) is 37.2. The Morgan fingerprint density at radius 2 is 2.03 bits per heavy atom. The molecule has 1 atom stereocenters. The van der Waals surface area contributed by atoms with Gasteiger partial charge in [-0.3, -0.25) is 14.5 Å². The number of halogens is 1. The van der Waals surface area contributed by atoms with Crippen molar-refractivity contribution < 1.29 is 9.59 Å². The Kier molecular flexibility index (Phi) is 6.77. The van der Waals surface area contributed by atoms with Crippen LogP contribution in [0.25, 0.3) is 0 Å². The van der Waals surface area contributed by atoms with Gasteiger partial charge in [-0.05, 0) is 51.4 Å². The number of rotatable bonds is 5. The van der Waals surface area contributed by atoms with Crippen LogP contribution in [0.2, 0.25) is 0 Å². The molecule has 0 aromatic carbocycles. The Morgan fingerprint density at radius 1 is 1.38 bits per heavy atom. The summed E-state index contributed by atoms with van der Waals surface area (Å²) in [5, 5.41) is 3.40. The van der Waals surface area contributed by atoms with E-state index < -0.39 is 0 Å². The van der Waals surface area contributed by atoms with E-state index in [1.54, 1.807) is 11.8 Å². The maximum atomic E-state index is 13.3. The Morgan fingerprint density at radius 3 is 2.55 bits per heavy atom. The predicted octanol–water partition coefficient (Wildman–Crippen LogP) is 2.89. The highest BCUT2D eigenvalue weighted by Gasteiger charge is 2.41. The minimum absolute atomic E-state index is 0.0262. The van der Waals surface area contributed by atoms with Gasteiger partial charge in [0.15, 0.2) is 11.7 Å². The first-order chi connectivity index (χ1) is 13.8. The molecule has 29 heavy (non-hydrogen) atoms. The highest BCUT2D eigenvalue weighted by molar-refractivity contribution is 6.44. The van der Waals surface area contributed by atoms with Gasteiger partial charge in [-0.1, -0.05) is 24.3 Å². The molecule has 0 aromatic rings. The summed E-state index contributed by atoms with van der Waals surface area (Å²) in [5.74, 6) is 1.64. The molecule has 1 saturated carbocycles. The molecular formula is C21H30ClN5O2. The zero-order chi connectivity index (χ0) is 21.1. The number of amides is 2. The van der Waals surface area contributed by atoms with Crippen LogP contribution in [0.4, 0.5) is 0 Å². The number of aliphatic imine (C=N–C) groups is 2. The van der Waals surface area contributed by atoms with E-state index in [9.17, 15) is 9.59 Å². The molecule has 0 bridgehead atoms. The molecule has 8 heteroatoms. The normalized spacial score (nSPS) is 24.7. The van der Waals surface area contributed by atoms with Crippen molar-refractivity contribution in [1.82, 2.24) is 15.1 Å². The van der Waals surface area contributed by atoms with Gasteiger partial charge in [-0.25, -0.2) is 9.98 Å². The molecule has 0 spiro atoms. The van der Waals surface area contributed by atoms with Crippen molar-refractivity contribution in [3.63, 3.8) is 0 Å². The summed E-state index contributed by atoms with van der Waals surface area (Å²) in [7, 11) is 0. The van der Waals surface area contributed by atoms with Crippen LogP contribution < -0.4 is 5.32 Å². The van der Waals surface area contributed by atoms with Gasteiger partial charge >= 0.3 is 0 Å². The molecule has 7 nitrogen and oxygen atoms in total. The van der Waals surface area contributed by atoms with Crippen LogP contribution in [-0.2, 0) is 9.59 Å². The Labute approximate surface area is 177 Å². The number of likely N-dealkylation sites (tertiary alicyclic amines) is 1. The number of hydrogen-bond donors (Lipinski definition) is 1. The van der Waals surface area contributed by atoms with Gasteiger partial charge in [0, 0.05) is 32.6 Å². The quantitative estimate of drug-likeness (QED) is 0.696. The average molecular weight is 420 g/mol. The SMILES string of the molecule is C=C(Cl)/N=C1\C(=C/C)N=C(NCC2CCN(C(C)=O)CC2)C(=O)N1[C@@H](C)C1CC1. The summed E-state index contributed by atoms with van der Waals surface area (Å²) >= 11 is 5.94. The number of amidine groups is 2. The van der Waals surface area contributed by atoms with E-state index in [2.05, 4.69) is 28.8 Å². The largest absolute Gasteiger partial charge is 0.365 e. The molecule has 2 fully saturated rings. The third kappa shape index (κ3) is 5.07. The summed E-state index contributed by atoms with van der Waals surface area (Å²) in [6.45, 7) is 11.4. The summed E-state index contributed by atoms with van der Waals surface area (Å²) < 4.78 is 0. The summed E-state index contributed by atoms with van der Waals surface area (Å²) in [6, 6.07) is 0.0262. The Hall–Kier alpha value is -2.15. The molecule has 3 rings (SSSR count). The summed E-state index contributed by atoms with van der Waals surface area (Å²) in [5.41, 5.74) is 0.618. The monoisotopic (exact) mass is 419 g/mol. The smallest absolute Gasteiger partial charge is 0.295 e. The van der Waals surface area contributed by atoms with Crippen LogP contribution in [0.15, 0.2) is 33.5 Å². The molecule has 158 valence electrons. The fourth-order valence-electron chi connectivity index (χ4n) is 3.95. The lowest BCUT2D eigenvalue weighted by Gasteiger charge is -2.35. The van der Waals surface area contributed by atoms with E-state index in [0.717, 1.165) is 38.8 Å². The standard InChI is InChI=1S/C21H30ClN5O2/c1-5-18-20(24-14(3)22)27(13(2)17-6-7-17)21(29)19(25-18)23-12-16-8-10-26(11-9-16)15(4)28/h5,13,16-17H,3,6-12H2,1-2,4H3,(H,23,25)/b18-5+,24-20+/t13-/m0/s1. The van der Waals surface area contributed by atoms with Crippen molar-refractivity contribution in [3.05, 3.63) is 23.5 Å². The summed E-state index contributed by atoms with van der Waals surface area (Å²) in [6.07, 6.45) is 5.90. The van der Waals surface area contributed by atoms with Gasteiger partial charge in [0.1, 0.15) is 10.9 Å². The maximum absolute atomic E-state index is 13.3. The lowest BCUT2D eigenvalue weighted by molar-refractivity contribution is -0.130. The van der Waals surface area contributed by atoms with Gasteiger partial charge in [0.25, 0.3) is 5.91 Å². The lowest BCUT2D eigenvalue weighted by Crippen LogP contribution is -2.54. The molecule has 3 aliphatic rings. The Bertz CT molecular complexity index is 776. The van der Waals surface area contributed by atoms with Crippen LogP contribution in [-0.4, -0.2) is 59.0 Å². The molecule has 2 heterocycles. The van der Waals surface area contributed by atoms with Crippen LogP contribution in [0.5, 0.6) is 0 Å². The molecule has 2 aliphatic heterocycles. The first-order valence-electron chi connectivity index (χ1n) is 10.3. The third-order valence-corrected chi connectivity index (χ3v) is 6.03. The molecule has 2 amide bonds. The predicted molar refractivity (Wildman–Crippen MR) is 116 cm³/mol. The van der Waals surface area contributed by atoms with Crippen molar-refractivity contribution in [2.75, 3.05) is 19.6 Å². The van der Waals surface area contributed by atoms with Crippen molar-refractivity contribution in [2.45, 2.75) is 52.5 Å². The first kappa shape index (κ1) is 21.6. The zero-order valence-corrected chi connectivity index (χ0v) is 18.2. The Balaban J connectivity index is 1.74. The number of carbonyl (C=O) groups excluding carboxylic acids is 2. The van der Waals surface area contributed by atoms with Gasteiger partial charge in [0.05, 0.1) is 0 Å². The van der Waals surface area contributed by atoms with Crippen LogP contribution in [0.3, 0.4) is 0 Å². The third-order valence-electron chi connectivity index (χ3n) is 5.94. The zero-order valence-electron chi connectivity index (χ0n) is 17.4. The highest BCUT2D eigenvalue weighted by atomic mass is 35.5. The van der Waals surface area contributed by atoms with Crippen LogP contribution >= 0.6 is 11.6 Å². The second kappa shape index (κ2) is 9.11. The molecule has 0 unspecified atom stereocenters. The minimum atomic E-state index is -0.173. The van der Waals surface area contributed by atoms with E-state index in [1.165, 1.54) is 0 Å². The van der Waals surface area contributed by atoms with E-state index >= 15 is 0 Å². The minimum Gasteiger partial charge on any atom is -0.365 e. The highest BCUT2D eigenvalue weighted by Crippen LogP contribution is 2.37.